The smallest absolute Gasteiger partial charge is 0.0601 e. The van der Waals surface area contributed by atoms with E-state index in [1.54, 1.807) is 0 Å². The summed E-state index contributed by atoms with van der Waals surface area (Å²) >= 11 is 0. The molecule has 1 N–H and O–H groups in total. The summed E-state index contributed by atoms with van der Waals surface area (Å²) in [7, 11) is 0. The van der Waals surface area contributed by atoms with Crippen LogP contribution in [0.25, 0.3) is 0 Å². The van der Waals surface area contributed by atoms with E-state index in [0.717, 1.165) is 12.3 Å². The first kappa shape index (κ1) is 12.2. The minimum absolute atomic E-state index is 0.0528. The Morgan fingerprint density at radius 1 is 1.38 bits per heavy atom. The van der Waals surface area contributed by atoms with Crippen LogP contribution >= 0.6 is 0 Å². The number of rotatable bonds is 3. The molecule has 0 aromatic heterocycles. The molecule has 2 bridgehead atoms. The van der Waals surface area contributed by atoms with Crippen molar-refractivity contribution in [3.05, 3.63) is 11.6 Å². The molecule has 0 heterocycles. The van der Waals surface area contributed by atoms with Crippen molar-refractivity contribution in [3.63, 3.8) is 0 Å². The lowest BCUT2D eigenvalue weighted by Crippen LogP contribution is -2.37. The molecular weight excluding hydrogens is 196 g/mol. The molecular formula is C15H26O. The van der Waals surface area contributed by atoms with Gasteiger partial charge in [-0.25, -0.2) is 0 Å². The Bertz CT molecular complexity index is 303. The number of aliphatic hydroxyl groups excluding tert-OH is 1. The molecule has 2 aliphatic rings. The second kappa shape index (κ2) is 3.87. The molecule has 0 aromatic carbocycles. The molecule has 2 rings (SSSR count). The first-order valence-electron chi connectivity index (χ1n) is 6.71. The normalized spacial score (nSPS) is 46.1. The van der Waals surface area contributed by atoms with Crippen LogP contribution in [0.1, 0.15) is 59.8 Å². The van der Waals surface area contributed by atoms with E-state index in [9.17, 15) is 5.11 Å². The Hall–Kier alpha value is -0.300. The molecule has 0 radical (unpaired) electrons. The van der Waals surface area contributed by atoms with Gasteiger partial charge in [-0.05, 0) is 62.7 Å². The zero-order valence-corrected chi connectivity index (χ0v) is 11.2. The molecule has 2 saturated carbocycles. The van der Waals surface area contributed by atoms with Crippen molar-refractivity contribution in [1.82, 2.24) is 0 Å². The van der Waals surface area contributed by atoms with Gasteiger partial charge in [0.1, 0.15) is 0 Å². The van der Waals surface area contributed by atoms with Crippen molar-refractivity contribution in [2.24, 2.45) is 16.7 Å². The third-order valence-corrected chi connectivity index (χ3v) is 5.68. The van der Waals surface area contributed by atoms with E-state index in [-0.39, 0.29) is 11.5 Å². The molecule has 2 aliphatic carbocycles. The molecule has 0 spiro atoms. The van der Waals surface area contributed by atoms with Crippen molar-refractivity contribution in [2.45, 2.75) is 65.9 Å². The maximum absolute atomic E-state index is 10.2. The summed E-state index contributed by atoms with van der Waals surface area (Å²) in [6.45, 7) is 9.07. The van der Waals surface area contributed by atoms with E-state index in [1.165, 1.54) is 31.3 Å². The van der Waals surface area contributed by atoms with Gasteiger partial charge in [-0.2, -0.15) is 0 Å². The minimum atomic E-state index is -0.0528. The van der Waals surface area contributed by atoms with Crippen LogP contribution in [0.4, 0.5) is 0 Å². The van der Waals surface area contributed by atoms with Gasteiger partial charge in [-0.3, -0.25) is 0 Å². The van der Waals surface area contributed by atoms with Gasteiger partial charge < -0.3 is 5.11 Å². The van der Waals surface area contributed by atoms with Crippen LogP contribution in [0.2, 0.25) is 0 Å². The van der Waals surface area contributed by atoms with Crippen LogP contribution in [0.3, 0.4) is 0 Å². The predicted molar refractivity (Wildman–Crippen MR) is 68.2 cm³/mol. The van der Waals surface area contributed by atoms with Crippen molar-refractivity contribution >= 4 is 0 Å². The summed E-state index contributed by atoms with van der Waals surface area (Å²) in [5.74, 6) is 0.762. The Kier molecular flexibility index (Phi) is 2.94. The first-order chi connectivity index (χ1) is 7.40. The Labute approximate surface area is 99.9 Å². The number of allylic oxidation sites excluding steroid dienone is 2. The number of aliphatic hydroxyl groups is 1. The summed E-state index contributed by atoms with van der Waals surface area (Å²) < 4.78 is 0. The molecule has 2 fully saturated rings. The highest BCUT2D eigenvalue weighted by atomic mass is 16.3. The lowest BCUT2D eigenvalue weighted by Gasteiger charge is -2.40. The zero-order valence-electron chi connectivity index (χ0n) is 11.2. The molecule has 0 aromatic rings. The Morgan fingerprint density at radius 2 is 2.06 bits per heavy atom. The van der Waals surface area contributed by atoms with Gasteiger partial charge in [0.25, 0.3) is 0 Å². The maximum atomic E-state index is 10.2. The largest absolute Gasteiger partial charge is 0.393 e. The van der Waals surface area contributed by atoms with Crippen molar-refractivity contribution in [2.75, 3.05) is 0 Å². The molecule has 0 unspecified atom stereocenters. The highest BCUT2D eigenvalue weighted by Gasteiger charge is 2.62. The van der Waals surface area contributed by atoms with Gasteiger partial charge in [0.2, 0.25) is 0 Å². The molecule has 0 amide bonds. The van der Waals surface area contributed by atoms with Gasteiger partial charge in [0.05, 0.1) is 6.10 Å². The second-order valence-electron chi connectivity index (χ2n) is 6.64. The molecule has 16 heavy (non-hydrogen) atoms. The van der Waals surface area contributed by atoms with E-state index < -0.39 is 0 Å². The summed E-state index contributed by atoms with van der Waals surface area (Å²) in [6, 6.07) is 0. The van der Waals surface area contributed by atoms with Crippen LogP contribution < -0.4 is 0 Å². The molecule has 92 valence electrons. The highest BCUT2D eigenvalue weighted by molar-refractivity contribution is 5.13. The fraction of sp³-hybridized carbons (Fsp3) is 0.867. The summed E-state index contributed by atoms with van der Waals surface area (Å²) in [5.41, 5.74) is 1.98. The van der Waals surface area contributed by atoms with E-state index >= 15 is 0 Å². The number of hydrogen-bond donors (Lipinski definition) is 1. The van der Waals surface area contributed by atoms with Gasteiger partial charge in [0, 0.05) is 0 Å². The Balaban J connectivity index is 2.10. The summed E-state index contributed by atoms with van der Waals surface area (Å²) in [5, 5.41) is 10.2. The lowest BCUT2D eigenvalue weighted by molar-refractivity contribution is 0.00200. The highest BCUT2D eigenvalue weighted by Crippen LogP contribution is 2.67. The summed E-state index contributed by atoms with van der Waals surface area (Å²) in [6.07, 6.45) is 8.32. The lowest BCUT2D eigenvalue weighted by atomic mass is 9.66. The van der Waals surface area contributed by atoms with Crippen LogP contribution in [0, 0.1) is 16.7 Å². The second-order valence-corrected chi connectivity index (χ2v) is 6.64. The monoisotopic (exact) mass is 222 g/mol. The van der Waals surface area contributed by atoms with Crippen LogP contribution in [-0.4, -0.2) is 11.2 Å². The maximum Gasteiger partial charge on any atom is 0.0601 e. The van der Waals surface area contributed by atoms with E-state index in [1.807, 2.05) is 0 Å². The molecule has 0 saturated heterocycles. The van der Waals surface area contributed by atoms with Gasteiger partial charge in [-0.1, -0.05) is 25.5 Å². The molecule has 1 heteroatoms. The van der Waals surface area contributed by atoms with Crippen molar-refractivity contribution in [1.29, 1.82) is 0 Å². The fourth-order valence-electron chi connectivity index (χ4n) is 4.15. The minimum Gasteiger partial charge on any atom is -0.393 e. The van der Waals surface area contributed by atoms with Gasteiger partial charge in [-0.15, -0.1) is 0 Å². The van der Waals surface area contributed by atoms with E-state index in [2.05, 4.69) is 33.8 Å². The number of hydrogen-bond acceptors (Lipinski definition) is 1. The standard InChI is InChI=1S/C15H26O/c1-11(2)6-5-8-14(3)12-7-9-15(14,4)13(16)10-12/h6,12-13,16H,5,7-10H2,1-4H3/t12-,13-,14+,15-/m0/s1. The zero-order chi connectivity index (χ0) is 12.0. The predicted octanol–water partition coefficient (Wildman–Crippen LogP) is 3.92. The van der Waals surface area contributed by atoms with E-state index in [4.69, 9.17) is 0 Å². The quantitative estimate of drug-likeness (QED) is 0.718. The first-order valence-corrected chi connectivity index (χ1v) is 6.71. The number of fused-ring (bicyclic) bond motifs is 2. The van der Waals surface area contributed by atoms with Crippen LogP contribution in [0.15, 0.2) is 11.6 Å². The molecule has 0 aliphatic heterocycles. The topological polar surface area (TPSA) is 20.2 Å². The van der Waals surface area contributed by atoms with Gasteiger partial charge in [0.15, 0.2) is 0 Å². The van der Waals surface area contributed by atoms with Gasteiger partial charge >= 0.3 is 0 Å². The third-order valence-electron chi connectivity index (χ3n) is 5.68. The molecule has 1 nitrogen and oxygen atoms in total. The average Bonchev–Trinajstić information content (AvgIpc) is 2.52. The van der Waals surface area contributed by atoms with Crippen molar-refractivity contribution in [3.8, 4) is 0 Å². The fourth-order valence-corrected chi connectivity index (χ4v) is 4.15. The summed E-state index contributed by atoms with van der Waals surface area (Å²) in [4.78, 5) is 0. The van der Waals surface area contributed by atoms with Crippen molar-refractivity contribution < 1.29 is 5.11 Å². The third kappa shape index (κ3) is 1.55. The average molecular weight is 222 g/mol. The van der Waals surface area contributed by atoms with Crippen LogP contribution in [0.5, 0.6) is 0 Å². The SMILES string of the molecule is CC(C)=CCC[C@]1(C)[C@H]2CC[C@@]1(C)[C@@H](O)C2. The van der Waals surface area contributed by atoms with E-state index in [0.29, 0.717) is 5.41 Å². The Morgan fingerprint density at radius 3 is 2.50 bits per heavy atom. The van der Waals surface area contributed by atoms with Crippen LogP contribution in [-0.2, 0) is 0 Å². The molecule has 4 atom stereocenters.